The van der Waals surface area contributed by atoms with E-state index in [2.05, 4.69) is 23.7 Å². The molecule has 3 nitrogen and oxygen atoms in total. The molecule has 3 aliphatic carbocycles. The van der Waals surface area contributed by atoms with Gasteiger partial charge in [-0.05, 0) is 61.5 Å². The summed E-state index contributed by atoms with van der Waals surface area (Å²) < 4.78 is 0. The Kier molecular flexibility index (Phi) is 3.34. The molecule has 3 saturated carbocycles. The molecule has 0 radical (unpaired) electrons. The molecule has 0 aromatic carbocycles. The molecule has 2 bridgehead atoms. The van der Waals surface area contributed by atoms with Gasteiger partial charge >= 0.3 is 0 Å². The summed E-state index contributed by atoms with van der Waals surface area (Å²) in [4.78, 5) is 13.9. The van der Waals surface area contributed by atoms with Gasteiger partial charge in [0.05, 0.1) is 0 Å². The second kappa shape index (κ2) is 5.10. The number of carbonyl (C=O) groups excluding carboxylic acids is 1. The van der Waals surface area contributed by atoms with Crippen molar-refractivity contribution in [3.63, 3.8) is 0 Å². The standard InChI is InChI=1S/C17H23NO2S/c1-9-4-5-21-16(9)12-7-13(12)17(20)18-15-11-3-2-10(6-11)14(15)8-19/h4-5,10-15,19H,2-3,6-8H2,1H3,(H,18,20). The Hall–Kier alpha value is -0.870. The number of thiophene rings is 1. The Labute approximate surface area is 129 Å². The Bertz CT molecular complexity index is 555. The first-order valence-electron chi connectivity index (χ1n) is 8.14. The minimum absolute atomic E-state index is 0.167. The zero-order chi connectivity index (χ0) is 14.6. The second-order valence-electron chi connectivity index (χ2n) is 7.13. The summed E-state index contributed by atoms with van der Waals surface area (Å²) in [5.74, 6) is 2.38. The quantitative estimate of drug-likeness (QED) is 0.898. The summed E-state index contributed by atoms with van der Waals surface area (Å²) in [6, 6.07) is 2.37. The lowest BCUT2D eigenvalue weighted by atomic mass is 9.85. The van der Waals surface area contributed by atoms with Gasteiger partial charge in [0.1, 0.15) is 0 Å². The third kappa shape index (κ3) is 2.23. The number of hydrogen-bond acceptors (Lipinski definition) is 3. The van der Waals surface area contributed by atoms with Crippen molar-refractivity contribution in [2.24, 2.45) is 23.7 Å². The van der Waals surface area contributed by atoms with E-state index in [0.29, 0.717) is 23.7 Å². The molecule has 0 saturated heterocycles. The van der Waals surface area contributed by atoms with Crippen LogP contribution in [0.2, 0.25) is 0 Å². The minimum atomic E-state index is 0.167. The number of fused-ring (bicyclic) bond motifs is 2. The van der Waals surface area contributed by atoms with Crippen LogP contribution in [0.1, 0.15) is 42.0 Å². The molecule has 0 spiro atoms. The second-order valence-corrected chi connectivity index (χ2v) is 8.08. The normalized spacial score (nSPS) is 40.5. The fraction of sp³-hybridized carbons (Fsp3) is 0.706. The SMILES string of the molecule is Cc1ccsc1C1CC1C(=O)NC1C2CCC(C2)C1CO. The summed E-state index contributed by atoms with van der Waals surface area (Å²) in [5, 5.41) is 15.0. The Morgan fingerprint density at radius 3 is 2.90 bits per heavy atom. The molecule has 4 heteroatoms. The van der Waals surface area contributed by atoms with Crippen LogP contribution in [0.3, 0.4) is 0 Å². The van der Waals surface area contributed by atoms with Gasteiger partial charge in [0.25, 0.3) is 0 Å². The average Bonchev–Trinajstić information content (AvgIpc) is 2.83. The Morgan fingerprint density at radius 2 is 2.19 bits per heavy atom. The highest BCUT2D eigenvalue weighted by Crippen LogP contribution is 2.52. The van der Waals surface area contributed by atoms with Crippen molar-refractivity contribution >= 4 is 17.2 Å². The van der Waals surface area contributed by atoms with Gasteiger partial charge in [-0.2, -0.15) is 0 Å². The van der Waals surface area contributed by atoms with Gasteiger partial charge < -0.3 is 10.4 Å². The Balaban J connectivity index is 1.40. The molecule has 4 rings (SSSR count). The number of aliphatic hydroxyl groups excluding tert-OH is 1. The molecule has 3 aliphatic rings. The first kappa shape index (κ1) is 13.8. The molecular formula is C17H23NO2S. The van der Waals surface area contributed by atoms with Gasteiger partial charge in [0, 0.05) is 35.3 Å². The van der Waals surface area contributed by atoms with E-state index in [1.165, 1.54) is 29.7 Å². The van der Waals surface area contributed by atoms with E-state index in [1.54, 1.807) is 11.3 Å². The highest BCUT2D eigenvalue weighted by molar-refractivity contribution is 7.10. The van der Waals surface area contributed by atoms with E-state index in [1.807, 2.05) is 0 Å². The lowest BCUT2D eigenvalue weighted by Gasteiger charge is -2.30. The van der Waals surface area contributed by atoms with Gasteiger partial charge in [-0.1, -0.05) is 0 Å². The van der Waals surface area contributed by atoms with Crippen molar-refractivity contribution < 1.29 is 9.90 Å². The molecule has 3 fully saturated rings. The molecule has 21 heavy (non-hydrogen) atoms. The van der Waals surface area contributed by atoms with Crippen LogP contribution in [-0.4, -0.2) is 23.7 Å². The highest BCUT2D eigenvalue weighted by atomic mass is 32.1. The van der Waals surface area contributed by atoms with Crippen LogP contribution < -0.4 is 5.32 Å². The molecule has 114 valence electrons. The van der Waals surface area contributed by atoms with Gasteiger partial charge in [-0.25, -0.2) is 0 Å². The predicted octanol–water partition coefficient (Wildman–Crippen LogP) is 2.68. The number of aryl methyl sites for hydroxylation is 1. The smallest absolute Gasteiger partial charge is 0.224 e. The molecule has 6 unspecified atom stereocenters. The van der Waals surface area contributed by atoms with E-state index >= 15 is 0 Å². The zero-order valence-corrected chi connectivity index (χ0v) is 13.2. The minimum Gasteiger partial charge on any atom is -0.396 e. The summed E-state index contributed by atoms with van der Waals surface area (Å²) in [6.07, 6.45) is 4.67. The molecule has 6 atom stereocenters. The molecule has 0 aliphatic heterocycles. The largest absolute Gasteiger partial charge is 0.396 e. The van der Waals surface area contributed by atoms with Crippen molar-refractivity contribution in [1.29, 1.82) is 0 Å². The molecule has 1 aromatic heterocycles. The van der Waals surface area contributed by atoms with Crippen molar-refractivity contribution in [1.82, 2.24) is 5.32 Å². The summed E-state index contributed by atoms with van der Waals surface area (Å²) in [7, 11) is 0. The average molecular weight is 305 g/mol. The Morgan fingerprint density at radius 1 is 1.38 bits per heavy atom. The summed E-state index contributed by atoms with van der Waals surface area (Å²) in [6.45, 7) is 2.36. The number of hydrogen-bond donors (Lipinski definition) is 2. The van der Waals surface area contributed by atoms with Gasteiger partial charge in [0.2, 0.25) is 5.91 Å². The number of carbonyl (C=O) groups is 1. The summed E-state index contributed by atoms with van der Waals surface area (Å²) >= 11 is 1.78. The van der Waals surface area contributed by atoms with Gasteiger partial charge in [0.15, 0.2) is 0 Å². The van der Waals surface area contributed by atoms with E-state index in [9.17, 15) is 9.90 Å². The molecule has 1 aromatic rings. The zero-order valence-electron chi connectivity index (χ0n) is 12.4. The van der Waals surface area contributed by atoms with Crippen LogP contribution in [-0.2, 0) is 4.79 Å². The number of nitrogens with one attached hydrogen (secondary N) is 1. The number of rotatable bonds is 4. The molecular weight excluding hydrogens is 282 g/mol. The summed E-state index contributed by atoms with van der Waals surface area (Å²) in [5.41, 5.74) is 1.33. The number of aliphatic hydroxyl groups is 1. The maximum Gasteiger partial charge on any atom is 0.224 e. The highest BCUT2D eigenvalue weighted by Gasteiger charge is 2.51. The maximum atomic E-state index is 12.5. The van der Waals surface area contributed by atoms with Crippen LogP contribution >= 0.6 is 11.3 Å². The van der Waals surface area contributed by atoms with E-state index < -0.39 is 0 Å². The van der Waals surface area contributed by atoms with Crippen LogP contribution in [0.25, 0.3) is 0 Å². The van der Waals surface area contributed by atoms with Crippen molar-refractivity contribution in [2.75, 3.05) is 6.61 Å². The lowest BCUT2D eigenvalue weighted by Crippen LogP contribution is -2.45. The predicted molar refractivity (Wildman–Crippen MR) is 83.2 cm³/mol. The third-order valence-electron chi connectivity index (χ3n) is 5.97. The van der Waals surface area contributed by atoms with Crippen LogP contribution in [0.15, 0.2) is 11.4 Å². The molecule has 1 amide bonds. The van der Waals surface area contributed by atoms with Crippen molar-refractivity contribution in [3.8, 4) is 0 Å². The van der Waals surface area contributed by atoms with E-state index in [4.69, 9.17) is 0 Å². The first-order valence-corrected chi connectivity index (χ1v) is 9.02. The maximum absolute atomic E-state index is 12.5. The van der Waals surface area contributed by atoms with Gasteiger partial charge in [-0.15, -0.1) is 11.3 Å². The van der Waals surface area contributed by atoms with Gasteiger partial charge in [-0.3, -0.25) is 4.79 Å². The third-order valence-corrected chi connectivity index (χ3v) is 7.12. The van der Waals surface area contributed by atoms with Crippen molar-refractivity contribution in [2.45, 2.75) is 44.6 Å². The molecule has 2 N–H and O–H groups in total. The first-order chi connectivity index (χ1) is 10.2. The lowest BCUT2D eigenvalue weighted by molar-refractivity contribution is -0.124. The van der Waals surface area contributed by atoms with Crippen molar-refractivity contribution in [3.05, 3.63) is 21.9 Å². The molecule has 1 heterocycles. The number of amides is 1. The van der Waals surface area contributed by atoms with E-state index in [-0.39, 0.29) is 24.5 Å². The van der Waals surface area contributed by atoms with Crippen LogP contribution in [0.4, 0.5) is 0 Å². The topological polar surface area (TPSA) is 49.3 Å². The monoisotopic (exact) mass is 305 g/mol. The fourth-order valence-corrected chi connectivity index (χ4v) is 5.82. The van der Waals surface area contributed by atoms with E-state index in [0.717, 1.165) is 6.42 Å². The fourth-order valence-electron chi connectivity index (χ4n) is 4.71. The van der Waals surface area contributed by atoms with Crippen LogP contribution in [0.5, 0.6) is 0 Å². The van der Waals surface area contributed by atoms with Crippen LogP contribution in [0, 0.1) is 30.6 Å².